The van der Waals surface area contributed by atoms with E-state index in [9.17, 15) is 8.42 Å². The van der Waals surface area contributed by atoms with E-state index in [2.05, 4.69) is 9.97 Å². The summed E-state index contributed by atoms with van der Waals surface area (Å²) >= 11 is 0. The molecule has 1 aliphatic rings. The van der Waals surface area contributed by atoms with Crippen molar-refractivity contribution in [3.8, 4) is 23.3 Å². The number of aromatic nitrogens is 2. The summed E-state index contributed by atoms with van der Waals surface area (Å²) in [6.45, 7) is 0.572. The Balaban J connectivity index is 1.83. The van der Waals surface area contributed by atoms with Crippen molar-refractivity contribution in [1.29, 1.82) is 0 Å². The van der Waals surface area contributed by atoms with Crippen molar-refractivity contribution in [2.24, 2.45) is 0 Å². The number of hydrogen-bond donors (Lipinski definition) is 0. The molecular weight excluding hydrogens is 386 g/mol. The average Bonchev–Trinajstić information content (AvgIpc) is 2.73. The molecule has 1 atom stereocenters. The van der Waals surface area contributed by atoms with Crippen LogP contribution in [0.2, 0.25) is 0 Å². The van der Waals surface area contributed by atoms with Crippen molar-refractivity contribution in [3.63, 3.8) is 0 Å². The molecule has 1 aliphatic heterocycles. The molecule has 0 spiro atoms. The molecule has 3 rings (SSSR count). The first-order valence-electron chi connectivity index (χ1n) is 8.73. The van der Waals surface area contributed by atoms with Gasteiger partial charge in [-0.1, -0.05) is 0 Å². The van der Waals surface area contributed by atoms with Crippen LogP contribution in [-0.2, 0) is 10.0 Å². The summed E-state index contributed by atoms with van der Waals surface area (Å²) in [5.41, 5.74) is 0. The molecule has 152 valence electrons. The zero-order chi connectivity index (χ0) is 20.1. The minimum atomic E-state index is -3.80. The second kappa shape index (κ2) is 8.61. The fourth-order valence-electron chi connectivity index (χ4n) is 3.04. The van der Waals surface area contributed by atoms with Gasteiger partial charge in [-0.25, -0.2) is 18.4 Å². The highest BCUT2D eigenvalue weighted by Crippen LogP contribution is 2.32. The van der Waals surface area contributed by atoms with Crippen LogP contribution in [0.3, 0.4) is 0 Å². The highest BCUT2D eigenvalue weighted by molar-refractivity contribution is 7.89. The lowest BCUT2D eigenvalue weighted by molar-refractivity contribution is 0.119. The van der Waals surface area contributed by atoms with Crippen LogP contribution in [0.25, 0.3) is 0 Å². The monoisotopic (exact) mass is 409 g/mol. The number of ether oxygens (including phenoxy) is 4. The first kappa shape index (κ1) is 20.2. The number of rotatable bonds is 7. The Labute approximate surface area is 164 Å². The summed E-state index contributed by atoms with van der Waals surface area (Å²) in [6, 6.07) is 4.69. The molecule has 28 heavy (non-hydrogen) atoms. The molecule has 2 aromatic rings. The molecule has 0 N–H and O–H groups in total. The van der Waals surface area contributed by atoms with Gasteiger partial charge in [0.2, 0.25) is 10.0 Å². The van der Waals surface area contributed by atoms with E-state index in [4.69, 9.17) is 18.9 Å². The van der Waals surface area contributed by atoms with Crippen molar-refractivity contribution in [2.45, 2.75) is 23.8 Å². The fraction of sp³-hybridized carbons (Fsp3) is 0.444. The van der Waals surface area contributed by atoms with Crippen molar-refractivity contribution in [1.82, 2.24) is 14.3 Å². The largest absolute Gasteiger partial charge is 0.497 e. The molecule has 2 heterocycles. The van der Waals surface area contributed by atoms with Gasteiger partial charge in [0.1, 0.15) is 22.5 Å². The highest BCUT2D eigenvalue weighted by atomic mass is 32.2. The highest BCUT2D eigenvalue weighted by Gasteiger charge is 2.34. The Morgan fingerprint density at radius 2 is 1.79 bits per heavy atom. The smallest absolute Gasteiger partial charge is 0.278 e. The molecule has 0 amide bonds. The number of hydrogen-bond acceptors (Lipinski definition) is 8. The minimum Gasteiger partial charge on any atom is -0.497 e. The molecule has 0 aliphatic carbocycles. The van der Waals surface area contributed by atoms with E-state index in [1.807, 2.05) is 0 Å². The molecule has 10 heteroatoms. The van der Waals surface area contributed by atoms with Gasteiger partial charge in [0, 0.05) is 25.0 Å². The van der Waals surface area contributed by atoms with Crippen LogP contribution in [-0.4, -0.2) is 63.2 Å². The zero-order valence-corrected chi connectivity index (χ0v) is 16.8. The molecule has 0 radical (unpaired) electrons. The number of piperidine rings is 1. The summed E-state index contributed by atoms with van der Waals surface area (Å²) < 4.78 is 49.3. The summed E-state index contributed by atoms with van der Waals surface area (Å²) in [4.78, 5) is 8.23. The quantitative estimate of drug-likeness (QED) is 0.682. The van der Waals surface area contributed by atoms with Crippen LogP contribution in [0.15, 0.2) is 35.5 Å². The normalized spacial score (nSPS) is 17.8. The maximum absolute atomic E-state index is 13.2. The molecule has 9 nitrogen and oxygen atoms in total. The lowest BCUT2D eigenvalue weighted by atomic mass is 10.1. The Morgan fingerprint density at radius 3 is 2.46 bits per heavy atom. The van der Waals surface area contributed by atoms with Crippen LogP contribution in [0, 0.1) is 0 Å². The summed E-state index contributed by atoms with van der Waals surface area (Å²) in [6.07, 6.45) is 3.97. The Bertz CT molecular complexity index is 921. The van der Waals surface area contributed by atoms with Crippen molar-refractivity contribution in [3.05, 3.63) is 30.6 Å². The second-order valence-electron chi connectivity index (χ2n) is 6.13. The van der Waals surface area contributed by atoms with Crippen LogP contribution >= 0.6 is 0 Å². The molecule has 0 bridgehead atoms. The molecule has 1 saturated heterocycles. The molecule has 1 fully saturated rings. The first-order valence-corrected chi connectivity index (χ1v) is 10.2. The molecule has 1 unspecified atom stereocenters. The van der Waals surface area contributed by atoms with E-state index in [1.165, 1.54) is 44.1 Å². The number of sulfonamides is 1. The van der Waals surface area contributed by atoms with Gasteiger partial charge in [0.25, 0.3) is 11.8 Å². The molecule has 1 aromatic heterocycles. The predicted molar refractivity (Wildman–Crippen MR) is 101 cm³/mol. The van der Waals surface area contributed by atoms with Crippen molar-refractivity contribution >= 4 is 10.0 Å². The maximum Gasteiger partial charge on any atom is 0.278 e. The SMILES string of the molecule is COc1ccc(OC)c(S(=O)(=O)N2CCCC(Oc3nccnc3OC)C2)c1. The third-order valence-corrected chi connectivity index (χ3v) is 6.32. The van der Waals surface area contributed by atoms with E-state index >= 15 is 0 Å². The zero-order valence-electron chi connectivity index (χ0n) is 16.0. The number of benzene rings is 1. The third kappa shape index (κ3) is 4.12. The fourth-order valence-corrected chi connectivity index (χ4v) is 4.72. The van der Waals surface area contributed by atoms with Gasteiger partial charge in [-0.2, -0.15) is 4.31 Å². The molecule has 0 saturated carbocycles. The molecular formula is C18H23N3O6S. The topological polar surface area (TPSA) is 100 Å². The lowest BCUT2D eigenvalue weighted by Crippen LogP contribution is -2.44. The van der Waals surface area contributed by atoms with E-state index in [-0.39, 0.29) is 35.1 Å². The number of nitrogens with zero attached hydrogens (tertiary/aromatic N) is 3. The van der Waals surface area contributed by atoms with Gasteiger partial charge < -0.3 is 18.9 Å². The standard InChI is InChI=1S/C18H23N3O6S/c1-24-13-6-7-15(25-2)16(11-13)28(22,23)21-10-4-5-14(12-21)27-18-17(26-3)19-8-9-20-18/h6-9,11,14H,4-5,10,12H2,1-3H3. The summed E-state index contributed by atoms with van der Waals surface area (Å²) in [5, 5.41) is 0. The van der Waals surface area contributed by atoms with Crippen LogP contribution in [0.5, 0.6) is 23.3 Å². The summed E-state index contributed by atoms with van der Waals surface area (Å²) in [7, 11) is 0.596. The Morgan fingerprint density at radius 1 is 1.04 bits per heavy atom. The van der Waals surface area contributed by atoms with Gasteiger partial charge in [-0.3, -0.25) is 0 Å². The summed E-state index contributed by atoms with van der Waals surface area (Å²) in [5.74, 6) is 1.21. The van der Waals surface area contributed by atoms with Gasteiger partial charge in [-0.05, 0) is 25.0 Å². The minimum absolute atomic E-state index is 0.0621. The Kier molecular flexibility index (Phi) is 6.20. The molecule has 1 aromatic carbocycles. The van der Waals surface area contributed by atoms with Crippen LogP contribution < -0.4 is 18.9 Å². The first-order chi connectivity index (χ1) is 13.5. The van der Waals surface area contributed by atoms with E-state index in [0.29, 0.717) is 25.1 Å². The van der Waals surface area contributed by atoms with Gasteiger partial charge in [0.05, 0.1) is 27.9 Å². The van der Waals surface area contributed by atoms with Crippen LogP contribution in [0.4, 0.5) is 0 Å². The third-order valence-electron chi connectivity index (χ3n) is 4.43. The average molecular weight is 409 g/mol. The van der Waals surface area contributed by atoms with E-state index < -0.39 is 10.0 Å². The van der Waals surface area contributed by atoms with Crippen molar-refractivity contribution in [2.75, 3.05) is 34.4 Å². The Hall–Kier alpha value is -2.59. The van der Waals surface area contributed by atoms with Crippen LogP contribution in [0.1, 0.15) is 12.8 Å². The van der Waals surface area contributed by atoms with Crippen molar-refractivity contribution < 1.29 is 27.4 Å². The number of methoxy groups -OCH3 is 3. The maximum atomic E-state index is 13.2. The van der Waals surface area contributed by atoms with E-state index in [1.54, 1.807) is 12.1 Å². The lowest BCUT2D eigenvalue weighted by Gasteiger charge is -2.32. The van der Waals surface area contributed by atoms with Gasteiger partial charge >= 0.3 is 0 Å². The van der Waals surface area contributed by atoms with E-state index in [0.717, 1.165) is 0 Å². The van der Waals surface area contributed by atoms with Gasteiger partial charge in [0.15, 0.2) is 0 Å². The van der Waals surface area contributed by atoms with Gasteiger partial charge in [-0.15, -0.1) is 0 Å². The predicted octanol–water partition coefficient (Wildman–Crippen LogP) is 1.73. The second-order valence-corrected chi connectivity index (χ2v) is 8.04.